The molecule has 1 aliphatic rings. The first-order valence-corrected chi connectivity index (χ1v) is 8.18. The lowest BCUT2D eigenvalue weighted by Crippen LogP contribution is -2.46. The Morgan fingerprint density at radius 1 is 1.00 bits per heavy atom. The van der Waals surface area contributed by atoms with Crippen molar-refractivity contribution in [1.29, 1.82) is 0 Å². The monoisotopic (exact) mass is 360 g/mol. The van der Waals surface area contributed by atoms with Crippen LogP contribution in [-0.2, 0) is 0 Å². The van der Waals surface area contributed by atoms with Crippen molar-refractivity contribution in [3.05, 3.63) is 64.2 Å². The van der Waals surface area contributed by atoms with Gasteiger partial charge >= 0.3 is 0 Å². The van der Waals surface area contributed by atoms with E-state index >= 15 is 0 Å². The van der Waals surface area contributed by atoms with E-state index in [9.17, 15) is 18.0 Å². The molecular weight excluding hydrogens is 345 g/mol. The van der Waals surface area contributed by atoms with Gasteiger partial charge in [0, 0.05) is 32.2 Å². The zero-order chi connectivity index (χ0) is 18.3. The molecule has 0 radical (unpaired) electrons. The molecule has 1 N–H and O–H groups in total. The third-order valence-corrected chi connectivity index (χ3v) is 4.38. The van der Waals surface area contributed by atoms with Crippen molar-refractivity contribution in [1.82, 2.24) is 14.9 Å². The highest BCUT2D eigenvalue weighted by Crippen LogP contribution is 2.23. The first-order valence-electron chi connectivity index (χ1n) is 8.18. The molecule has 2 aromatic carbocycles. The van der Waals surface area contributed by atoms with E-state index in [2.05, 4.69) is 10.3 Å². The van der Waals surface area contributed by atoms with E-state index in [-0.39, 0.29) is 16.9 Å². The summed E-state index contributed by atoms with van der Waals surface area (Å²) in [6.45, 7) is 2.33. The number of nitrogens with one attached hydrogen (secondary N) is 1. The van der Waals surface area contributed by atoms with Gasteiger partial charge in [-0.15, -0.1) is 0 Å². The number of hydrogen-bond donors (Lipinski definition) is 1. The molecular formula is C18H15F3N4O. The molecule has 1 aliphatic heterocycles. The second-order valence-corrected chi connectivity index (χ2v) is 6.02. The van der Waals surface area contributed by atoms with Crippen molar-refractivity contribution < 1.29 is 13.2 Å². The Balaban J connectivity index is 2.07. The lowest BCUT2D eigenvalue weighted by Gasteiger charge is -2.28. The van der Waals surface area contributed by atoms with Crippen molar-refractivity contribution in [2.45, 2.75) is 0 Å². The average Bonchev–Trinajstić information content (AvgIpc) is 2.63. The van der Waals surface area contributed by atoms with Crippen LogP contribution in [0.2, 0.25) is 0 Å². The summed E-state index contributed by atoms with van der Waals surface area (Å²) in [5, 5.41) is 3.16. The van der Waals surface area contributed by atoms with Crippen molar-refractivity contribution in [3.8, 4) is 5.69 Å². The molecule has 0 saturated carbocycles. The van der Waals surface area contributed by atoms with Crippen LogP contribution < -0.4 is 15.8 Å². The summed E-state index contributed by atoms with van der Waals surface area (Å²) in [6, 6.07) is 6.95. The number of fused-ring (bicyclic) bond motifs is 1. The van der Waals surface area contributed by atoms with Crippen molar-refractivity contribution in [3.63, 3.8) is 0 Å². The molecule has 1 aromatic heterocycles. The maximum Gasteiger partial charge on any atom is 0.298 e. The Morgan fingerprint density at radius 3 is 2.38 bits per heavy atom. The van der Waals surface area contributed by atoms with Gasteiger partial charge in [-0.25, -0.2) is 18.2 Å². The fourth-order valence-corrected chi connectivity index (χ4v) is 3.15. The van der Waals surface area contributed by atoms with Crippen molar-refractivity contribution >= 4 is 16.9 Å². The van der Waals surface area contributed by atoms with Gasteiger partial charge in [0.25, 0.3) is 5.56 Å². The minimum absolute atomic E-state index is 0.0484. The lowest BCUT2D eigenvalue weighted by molar-refractivity contribution is 0.565. The SMILES string of the molecule is O=c1c(N2CCNCC2)nc2cc(F)ccc2n1-c1c(F)cccc1F. The van der Waals surface area contributed by atoms with Gasteiger partial charge in [0.05, 0.1) is 11.0 Å². The molecule has 134 valence electrons. The molecule has 1 saturated heterocycles. The minimum atomic E-state index is -0.879. The van der Waals surface area contributed by atoms with E-state index in [1.54, 1.807) is 4.90 Å². The first-order chi connectivity index (χ1) is 12.6. The fourth-order valence-electron chi connectivity index (χ4n) is 3.15. The Hall–Kier alpha value is -2.87. The van der Waals surface area contributed by atoms with Crippen LogP contribution in [0.5, 0.6) is 0 Å². The van der Waals surface area contributed by atoms with Crippen molar-refractivity contribution in [2.75, 3.05) is 31.1 Å². The van der Waals surface area contributed by atoms with E-state index in [1.807, 2.05) is 0 Å². The van der Waals surface area contributed by atoms with Gasteiger partial charge in [-0.2, -0.15) is 0 Å². The maximum absolute atomic E-state index is 14.4. The summed E-state index contributed by atoms with van der Waals surface area (Å²) < 4.78 is 43.4. The van der Waals surface area contributed by atoms with E-state index < -0.39 is 28.7 Å². The van der Waals surface area contributed by atoms with Gasteiger partial charge in [0.2, 0.25) is 0 Å². The van der Waals surface area contributed by atoms with Gasteiger partial charge in [0.1, 0.15) is 23.1 Å². The van der Waals surface area contributed by atoms with Crippen LogP contribution in [-0.4, -0.2) is 35.7 Å². The molecule has 0 amide bonds. The highest BCUT2D eigenvalue weighted by molar-refractivity contribution is 5.78. The first kappa shape index (κ1) is 16.6. The zero-order valence-corrected chi connectivity index (χ0v) is 13.7. The summed E-state index contributed by atoms with van der Waals surface area (Å²) >= 11 is 0. The highest BCUT2D eigenvalue weighted by Gasteiger charge is 2.22. The number of aromatic nitrogens is 2. The molecule has 0 aliphatic carbocycles. The molecule has 1 fully saturated rings. The molecule has 2 heterocycles. The van der Waals surface area contributed by atoms with Crippen LogP contribution in [0.4, 0.5) is 19.0 Å². The second-order valence-electron chi connectivity index (χ2n) is 6.02. The minimum Gasteiger partial charge on any atom is -0.349 e. The van der Waals surface area contributed by atoms with Crippen LogP contribution in [0.1, 0.15) is 0 Å². The quantitative estimate of drug-likeness (QED) is 0.761. The van der Waals surface area contributed by atoms with Gasteiger partial charge in [-0.05, 0) is 24.3 Å². The lowest BCUT2D eigenvalue weighted by atomic mass is 10.2. The number of para-hydroxylation sites is 1. The molecule has 5 nitrogen and oxygen atoms in total. The topological polar surface area (TPSA) is 50.2 Å². The standard InChI is InChI=1S/C18H15F3N4O/c19-11-4-5-15-14(10-11)23-17(24-8-6-22-7-9-24)18(26)25(15)16-12(20)2-1-3-13(16)21/h1-5,10,22H,6-9H2. The molecule has 0 unspecified atom stereocenters. The summed E-state index contributed by atoms with van der Waals surface area (Å²) in [5.74, 6) is -2.26. The van der Waals surface area contributed by atoms with Crippen LogP contribution in [0.25, 0.3) is 16.7 Å². The molecule has 26 heavy (non-hydrogen) atoms. The molecule has 8 heteroatoms. The van der Waals surface area contributed by atoms with Gasteiger partial charge < -0.3 is 10.2 Å². The summed E-state index contributed by atoms with van der Waals surface area (Å²) in [7, 11) is 0. The predicted molar refractivity (Wildman–Crippen MR) is 92.3 cm³/mol. The Kier molecular flexibility index (Phi) is 4.12. The van der Waals surface area contributed by atoms with E-state index in [4.69, 9.17) is 0 Å². The third-order valence-electron chi connectivity index (χ3n) is 4.38. The predicted octanol–water partition coefficient (Wildman–Crippen LogP) is 2.21. The summed E-state index contributed by atoms with van der Waals surface area (Å²) in [4.78, 5) is 19.1. The zero-order valence-electron chi connectivity index (χ0n) is 13.7. The van der Waals surface area contributed by atoms with E-state index in [0.29, 0.717) is 26.2 Å². The van der Waals surface area contributed by atoms with Gasteiger partial charge in [-0.1, -0.05) is 6.07 Å². The Labute approximate surface area is 146 Å². The summed E-state index contributed by atoms with van der Waals surface area (Å²) in [5.41, 5.74) is -0.844. The number of piperazine rings is 1. The largest absolute Gasteiger partial charge is 0.349 e. The molecule has 0 atom stereocenters. The van der Waals surface area contributed by atoms with Gasteiger partial charge in [0.15, 0.2) is 5.82 Å². The third kappa shape index (κ3) is 2.72. The molecule has 0 bridgehead atoms. The van der Waals surface area contributed by atoms with Crippen molar-refractivity contribution in [2.24, 2.45) is 0 Å². The number of nitrogens with zero attached hydrogens (tertiary/aromatic N) is 3. The number of benzene rings is 2. The van der Waals surface area contributed by atoms with Crippen LogP contribution in [0.15, 0.2) is 41.2 Å². The smallest absolute Gasteiger partial charge is 0.298 e. The van der Waals surface area contributed by atoms with Crippen LogP contribution in [0, 0.1) is 17.5 Å². The highest BCUT2D eigenvalue weighted by atomic mass is 19.1. The molecule has 0 spiro atoms. The Morgan fingerprint density at radius 2 is 1.69 bits per heavy atom. The molecule has 4 rings (SSSR count). The van der Waals surface area contributed by atoms with Crippen LogP contribution >= 0.6 is 0 Å². The number of rotatable bonds is 2. The Bertz CT molecular complexity index is 1020. The maximum atomic E-state index is 14.4. The average molecular weight is 360 g/mol. The van der Waals surface area contributed by atoms with E-state index in [0.717, 1.165) is 28.8 Å². The number of halogens is 3. The second kappa shape index (κ2) is 6.45. The van der Waals surface area contributed by atoms with Crippen LogP contribution in [0.3, 0.4) is 0 Å². The number of hydrogen-bond acceptors (Lipinski definition) is 4. The molecule has 3 aromatic rings. The number of anilines is 1. The normalized spacial score (nSPS) is 14.8. The van der Waals surface area contributed by atoms with E-state index in [1.165, 1.54) is 12.1 Å². The fraction of sp³-hybridized carbons (Fsp3) is 0.222. The summed E-state index contributed by atoms with van der Waals surface area (Å²) in [6.07, 6.45) is 0. The van der Waals surface area contributed by atoms with Gasteiger partial charge in [-0.3, -0.25) is 9.36 Å².